The van der Waals surface area contributed by atoms with Gasteiger partial charge in [-0.3, -0.25) is 4.79 Å². The fourth-order valence-electron chi connectivity index (χ4n) is 2.80. The average Bonchev–Trinajstić information content (AvgIpc) is 2.95. The molecule has 2 nitrogen and oxygen atoms in total. The van der Waals surface area contributed by atoms with Crippen molar-refractivity contribution in [1.29, 1.82) is 0 Å². The van der Waals surface area contributed by atoms with Crippen LogP contribution in [0, 0.1) is 17.8 Å². The van der Waals surface area contributed by atoms with Gasteiger partial charge in [0.15, 0.2) is 0 Å². The summed E-state index contributed by atoms with van der Waals surface area (Å²) in [7, 11) is 0. The van der Waals surface area contributed by atoms with Crippen molar-refractivity contribution in [3.63, 3.8) is 0 Å². The minimum absolute atomic E-state index is 0.0888. The summed E-state index contributed by atoms with van der Waals surface area (Å²) in [5, 5.41) is 3.18. The van der Waals surface area contributed by atoms with Gasteiger partial charge < -0.3 is 5.32 Å². The zero-order valence-electron chi connectivity index (χ0n) is 12.3. The van der Waals surface area contributed by atoms with Gasteiger partial charge in [0.2, 0.25) is 5.91 Å². The summed E-state index contributed by atoms with van der Waals surface area (Å²) in [6, 6.07) is 0. The molecule has 2 rings (SSSR count). The second-order valence-electron chi connectivity index (χ2n) is 7.49. The van der Waals surface area contributed by atoms with Crippen molar-refractivity contribution in [2.45, 2.75) is 77.7 Å². The Hall–Kier alpha value is -0.530. The van der Waals surface area contributed by atoms with E-state index in [9.17, 15) is 4.79 Å². The van der Waals surface area contributed by atoms with E-state index in [1.807, 2.05) is 0 Å². The smallest absolute Gasteiger partial charge is 0.223 e. The fraction of sp³-hybridized carbons (Fsp3) is 0.938. The lowest BCUT2D eigenvalue weighted by Gasteiger charge is -2.31. The van der Waals surface area contributed by atoms with E-state index in [-0.39, 0.29) is 11.5 Å². The van der Waals surface area contributed by atoms with Gasteiger partial charge in [-0.05, 0) is 51.9 Å². The summed E-state index contributed by atoms with van der Waals surface area (Å²) in [5.74, 6) is 2.35. The normalized spacial score (nSPS) is 22.4. The highest BCUT2D eigenvalue weighted by atomic mass is 16.2. The molecule has 2 heteroatoms. The number of amides is 1. The van der Waals surface area contributed by atoms with Gasteiger partial charge in [-0.15, -0.1) is 0 Å². The maximum Gasteiger partial charge on any atom is 0.223 e. The Morgan fingerprint density at radius 3 is 2.28 bits per heavy atom. The van der Waals surface area contributed by atoms with Crippen LogP contribution < -0.4 is 5.32 Å². The third-order valence-electron chi connectivity index (χ3n) is 4.33. The lowest BCUT2D eigenvalue weighted by Crippen LogP contribution is -2.44. The van der Waals surface area contributed by atoms with E-state index >= 15 is 0 Å². The summed E-state index contributed by atoms with van der Waals surface area (Å²) >= 11 is 0. The van der Waals surface area contributed by atoms with Crippen molar-refractivity contribution in [2.75, 3.05) is 0 Å². The van der Waals surface area contributed by atoms with Gasteiger partial charge >= 0.3 is 0 Å². The average molecular weight is 251 g/mol. The molecule has 1 amide bonds. The van der Waals surface area contributed by atoms with Gasteiger partial charge in [0.1, 0.15) is 0 Å². The highest BCUT2D eigenvalue weighted by Crippen LogP contribution is 2.38. The molecule has 0 aromatic carbocycles. The van der Waals surface area contributed by atoms with Crippen molar-refractivity contribution in [2.24, 2.45) is 17.8 Å². The number of hydrogen-bond acceptors (Lipinski definition) is 1. The maximum atomic E-state index is 12.4. The Balaban J connectivity index is 1.82. The molecule has 0 aromatic rings. The predicted octanol–water partition coefficient (Wildman–Crippen LogP) is 3.90. The van der Waals surface area contributed by atoms with Crippen molar-refractivity contribution in [1.82, 2.24) is 5.32 Å². The van der Waals surface area contributed by atoms with Gasteiger partial charge in [0.05, 0.1) is 0 Å². The summed E-state index contributed by atoms with van der Waals surface area (Å²) in [6.07, 6.45) is 10.4. The summed E-state index contributed by atoms with van der Waals surface area (Å²) in [6.45, 7) is 6.23. The summed E-state index contributed by atoms with van der Waals surface area (Å²) in [4.78, 5) is 12.4. The lowest BCUT2D eigenvalue weighted by molar-refractivity contribution is -0.127. The summed E-state index contributed by atoms with van der Waals surface area (Å²) < 4.78 is 0. The molecular formula is C16H29NO. The molecule has 2 saturated carbocycles. The van der Waals surface area contributed by atoms with Crippen LogP contribution in [-0.4, -0.2) is 11.4 Å². The minimum atomic E-state index is -0.0888. The molecular weight excluding hydrogens is 222 g/mol. The van der Waals surface area contributed by atoms with Crippen LogP contribution in [0.1, 0.15) is 72.1 Å². The van der Waals surface area contributed by atoms with Gasteiger partial charge in [-0.2, -0.15) is 0 Å². The number of carbonyl (C=O) groups is 1. The lowest BCUT2D eigenvalue weighted by atomic mass is 9.77. The molecule has 0 saturated heterocycles. The second-order valence-corrected chi connectivity index (χ2v) is 7.49. The molecule has 1 N–H and O–H groups in total. The van der Waals surface area contributed by atoms with E-state index in [2.05, 4.69) is 26.1 Å². The Bertz CT molecular complexity index is 284. The van der Waals surface area contributed by atoms with Crippen molar-refractivity contribution >= 4 is 5.91 Å². The van der Waals surface area contributed by atoms with E-state index < -0.39 is 0 Å². The van der Waals surface area contributed by atoms with Crippen LogP contribution >= 0.6 is 0 Å². The first-order valence-electron chi connectivity index (χ1n) is 7.76. The van der Waals surface area contributed by atoms with Crippen LogP contribution in [0.5, 0.6) is 0 Å². The molecule has 18 heavy (non-hydrogen) atoms. The number of nitrogens with one attached hydrogen (secondary N) is 1. The van der Waals surface area contributed by atoms with E-state index in [1.165, 1.54) is 38.5 Å². The van der Waals surface area contributed by atoms with E-state index in [4.69, 9.17) is 0 Å². The maximum absolute atomic E-state index is 12.4. The zero-order valence-corrected chi connectivity index (χ0v) is 12.3. The first-order chi connectivity index (χ1) is 8.44. The zero-order chi connectivity index (χ0) is 13.2. The molecule has 1 atom stereocenters. The predicted molar refractivity (Wildman–Crippen MR) is 75.3 cm³/mol. The van der Waals surface area contributed by atoms with Crippen LogP contribution in [0.15, 0.2) is 0 Å². The van der Waals surface area contributed by atoms with Crippen LogP contribution in [0.4, 0.5) is 0 Å². The van der Waals surface area contributed by atoms with Crippen molar-refractivity contribution < 1.29 is 4.79 Å². The third kappa shape index (κ3) is 4.62. The Morgan fingerprint density at radius 1 is 1.17 bits per heavy atom. The topological polar surface area (TPSA) is 29.1 Å². The van der Waals surface area contributed by atoms with Crippen LogP contribution in [0.2, 0.25) is 0 Å². The molecule has 2 fully saturated rings. The highest BCUT2D eigenvalue weighted by molar-refractivity contribution is 5.79. The van der Waals surface area contributed by atoms with Crippen LogP contribution in [0.3, 0.4) is 0 Å². The summed E-state index contributed by atoms with van der Waals surface area (Å²) in [5.41, 5.74) is -0.0888. The largest absolute Gasteiger partial charge is 0.351 e. The molecule has 0 heterocycles. The molecule has 0 spiro atoms. The molecule has 104 valence electrons. The molecule has 0 radical (unpaired) electrons. The first-order valence-corrected chi connectivity index (χ1v) is 7.76. The standard InChI is InChI=1S/C16H29NO/c1-16(2,3)17-15(18)14(10-9-12-7-8-12)11-13-5-4-6-13/h12-14H,4-11H2,1-3H3,(H,17,18). The third-order valence-corrected chi connectivity index (χ3v) is 4.33. The first kappa shape index (κ1) is 13.9. The van der Waals surface area contributed by atoms with Crippen molar-refractivity contribution in [3.8, 4) is 0 Å². The van der Waals surface area contributed by atoms with E-state index in [0.717, 1.165) is 24.7 Å². The van der Waals surface area contributed by atoms with Gasteiger partial charge in [0, 0.05) is 11.5 Å². The molecule has 2 aliphatic rings. The molecule has 2 aliphatic carbocycles. The minimum Gasteiger partial charge on any atom is -0.351 e. The Morgan fingerprint density at radius 2 is 1.83 bits per heavy atom. The molecule has 0 aromatic heterocycles. The Kier molecular flexibility index (Phi) is 4.34. The SMILES string of the molecule is CC(C)(C)NC(=O)C(CCC1CC1)CC1CCC1. The number of hydrogen-bond donors (Lipinski definition) is 1. The number of rotatable bonds is 6. The van der Waals surface area contributed by atoms with E-state index in [0.29, 0.717) is 5.91 Å². The van der Waals surface area contributed by atoms with Gasteiger partial charge in [0.25, 0.3) is 0 Å². The van der Waals surface area contributed by atoms with Gasteiger partial charge in [-0.25, -0.2) is 0 Å². The van der Waals surface area contributed by atoms with Crippen LogP contribution in [0.25, 0.3) is 0 Å². The molecule has 0 aliphatic heterocycles. The van der Waals surface area contributed by atoms with Crippen LogP contribution in [-0.2, 0) is 4.79 Å². The number of carbonyl (C=O) groups excluding carboxylic acids is 1. The monoisotopic (exact) mass is 251 g/mol. The molecule has 1 unspecified atom stereocenters. The van der Waals surface area contributed by atoms with E-state index in [1.54, 1.807) is 0 Å². The van der Waals surface area contributed by atoms with Gasteiger partial charge in [-0.1, -0.05) is 32.1 Å². The second kappa shape index (κ2) is 5.63. The fourth-order valence-corrected chi connectivity index (χ4v) is 2.80. The highest BCUT2D eigenvalue weighted by Gasteiger charge is 2.30. The molecule has 0 bridgehead atoms. The van der Waals surface area contributed by atoms with Crippen molar-refractivity contribution in [3.05, 3.63) is 0 Å². The Labute approximate surface area is 112 Å². The quantitative estimate of drug-likeness (QED) is 0.762.